The van der Waals surface area contributed by atoms with Crippen molar-refractivity contribution in [2.45, 2.75) is 79.8 Å². The van der Waals surface area contributed by atoms with Gasteiger partial charge in [-0.05, 0) is 85.7 Å². The lowest BCUT2D eigenvalue weighted by Gasteiger charge is -2.19. The Morgan fingerprint density at radius 2 is 1.32 bits per heavy atom. The number of ether oxygens (including phenoxy) is 5. The zero-order valence-electron chi connectivity index (χ0n) is 21.8. The highest BCUT2D eigenvalue weighted by atomic mass is 16.5. The van der Waals surface area contributed by atoms with Gasteiger partial charge in [-0.3, -0.25) is 4.79 Å². The highest BCUT2D eigenvalue weighted by Crippen LogP contribution is 2.38. The average Bonchev–Trinajstić information content (AvgIpc) is 2.72. The van der Waals surface area contributed by atoms with Gasteiger partial charge in [-0.1, -0.05) is 6.07 Å². The summed E-state index contributed by atoms with van der Waals surface area (Å²) in [5.74, 6) is 2.48. The lowest BCUT2D eigenvalue weighted by Crippen LogP contribution is -2.13. The molecule has 0 saturated carbocycles. The summed E-state index contributed by atoms with van der Waals surface area (Å²) in [6, 6.07) is 8.97. The van der Waals surface area contributed by atoms with Crippen molar-refractivity contribution >= 4 is 11.9 Å². The third-order valence-electron chi connectivity index (χ3n) is 4.38. The van der Waals surface area contributed by atoms with Gasteiger partial charge in [0.1, 0.15) is 5.75 Å². The number of hydrogen-bond donors (Lipinski definition) is 0. The first-order valence-electron chi connectivity index (χ1n) is 11.8. The molecule has 6 nitrogen and oxygen atoms in total. The van der Waals surface area contributed by atoms with E-state index in [0.717, 1.165) is 0 Å². The molecule has 0 heterocycles. The first-order valence-corrected chi connectivity index (χ1v) is 11.8. The molecule has 0 aromatic heterocycles. The van der Waals surface area contributed by atoms with E-state index in [1.54, 1.807) is 31.4 Å². The Bertz CT molecular complexity index is 989. The van der Waals surface area contributed by atoms with E-state index < -0.39 is 0 Å². The quantitative estimate of drug-likeness (QED) is 0.253. The van der Waals surface area contributed by atoms with Crippen molar-refractivity contribution in [3.05, 3.63) is 47.5 Å². The molecule has 6 heteroatoms. The number of benzene rings is 2. The van der Waals surface area contributed by atoms with E-state index >= 15 is 0 Å². The maximum Gasteiger partial charge on any atom is 0.189 e. The summed E-state index contributed by atoms with van der Waals surface area (Å²) < 4.78 is 29.3. The van der Waals surface area contributed by atoms with Crippen molar-refractivity contribution < 1.29 is 28.5 Å². The summed E-state index contributed by atoms with van der Waals surface area (Å²) >= 11 is 0. The number of methoxy groups -OCH3 is 1. The van der Waals surface area contributed by atoms with Crippen LogP contribution >= 0.6 is 0 Å². The Labute approximate surface area is 203 Å². The van der Waals surface area contributed by atoms with Crippen LogP contribution in [0.3, 0.4) is 0 Å². The molecule has 2 aromatic rings. The van der Waals surface area contributed by atoms with E-state index in [4.69, 9.17) is 23.7 Å². The predicted octanol–water partition coefficient (Wildman–Crippen LogP) is 6.74. The molecule has 0 bridgehead atoms. The monoisotopic (exact) mass is 470 g/mol. The van der Waals surface area contributed by atoms with Crippen molar-refractivity contribution in [3.8, 4) is 28.7 Å². The number of hydrogen-bond acceptors (Lipinski definition) is 6. The second-order valence-corrected chi connectivity index (χ2v) is 9.04. The van der Waals surface area contributed by atoms with Gasteiger partial charge < -0.3 is 23.7 Å². The SMILES string of the molecule is COc1cc(OC(C)C)cc(C=CC(=O)c2cccc(OC(C)C)c2OC(C)C)c1OC(C)C. The largest absolute Gasteiger partial charge is 0.493 e. The van der Waals surface area contributed by atoms with Crippen molar-refractivity contribution in [2.24, 2.45) is 0 Å². The van der Waals surface area contributed by atoms with Gasteiger partial charge in [-0.25, -0.2) is 0 Å². The van der Waals surface area contributed by atoms with Crippen LogP contribution in [0.25, 0.3) is 6.08 Å². The molecular formula is C28H38O6. The summed E-state index contributed by atoms with van der Waals surface area (Å²) in [7, 11) is 1.58. The molecule has 34 heavy (non-hydrogen) atoms. The van der Waals surface area contributed by atoms with E-state index in [9.17, 15) is 4.79 Å². The Kier molecular flexibility index (Phi) is 9.84. The summed E-state index contributed by atoms with van der Waals surface area (Å²) in [5, 5.41) is 0. The molecule has 0 radical (unpaired) electrons. The molecule has 2 rings (SSSR count). The number of rotatable bonds is 12. The highest BCUT2D eigenvalue weighted by Gasteiger charge is 2.19. The summed E-state index contributed by atoms with van der Waals surface area (Å²) in [6.07, 6.45) is 2.95. The number of carbonyl (C=O) groups excluding carboxylic acids is 1. The standard InChI is InChI=1S/C28H38O6/c1-17(2)31-22-15-21(27(33-19(5)6)26(16-22)30-9)13-14-24(29)23-11-10-12-25(32-18(3)4)28(23)34-20(7)8/h10-20H,1-9H3. The van der Waals surface area contributed by atoms with Crippen LogP contribution < -0.4 is 23.7 Å². The molecule has 0 aliphatic carbocycles. The van der Waals surface area contributed by atoms with Gasteiger partial charge in [-0.15, -0.1) is 0 Å². The van der Waals surface area contributed by atoms with Gasteiger partial charge in [0.15, 0.2) is 28.8 Å². The minimum atomic E-state index is -0.213. The zero-order chi connectivity index (χ0) is 25.4. The average molecular weight is 471 g/mol. The third kappa shape index (κ3) is 7.72. The molecule has 0 aliphatic heterocycles. The number of allylic oxidation sites excluding steroid dienone is 1. The van der Waals surface area contributed by atoms with E-state index in [0.29, 0.717) is 39.9 Å². The van der Waals surface area contributed by atoms with Gasteiger partial charge >= 0.3 is 0 Å². The van der Waals surface area contributed by atoms with Crippen molar-refractivity contribution in [1.82, 2.24) is 0 Å². The minimum absolute atomic E-state index is 0.0144. The van der Waals surface area contributed by atoms with Crippen molar-refractivity contribution in [2.75, 3.05) is 7.11 Å². The molecule has 2 aromatic carbocycles. The molecule has 0 aliphatic rings. The fraction of sp³-hybridized carbons (Fsp3) is 0.464. The van der Waals surface area contributed by atoms with Gasteiger partial charge in [0.2, 0.25) is 0 Å². The summed E-state index contributed by atoms with van der Waals surface area (Å²) in [6.45, 7) is 15.5. The lowest BCUT2D eigenvalue weighted by atomic mass is 10.1. The third-order valence-corrected chi connectivity index (χ3v) is 4.38. The summed E-state index contributed by atoms with van der Waals surface area (Å²) in [4.78, 5) is 13.3. The normalized spacial score (nSPS) is 11.6. The predicted molar refractivity (Wildman–Crippen MR) is 136 cm³/mol. The van der Waals surface area contributed by atoms with E-state index in [1.807, 2.05) is 67.5 Å². The van der Waals surface area contributed by atoms with Gasteiger partial charge in [0.25, 0.3) is 0 Å². The molecule has 0 fully saturated rings. The van der Waals surface area contributed by atoms with Crippen LogP contribution in [0, 0.1) is 0 Å². The first-order chi connectivity index (χ1) is 16.0. The maximum absolute atomic E-state index is 13.3. The minimum Gasteiger partial charge on any atom is -0.493 e. The molecule has 0 saturated heterocycles. The van der Waals surface area contributed by atoms with Gasteiger partial charge in [-0.2, -0.15) is 0 Å². The maximum atomic E-state index is 13.3. The fourth-order valence-corrected chi connectivity index (χ4v) is 3.24. The van der Waals surface area contributed by atoms with Crippen LogP contribution in [-0.2, 0) is 0 Å². The molecule has 0 atom stereocenters. The second-order valence-electron chi connectivity index (χ2n) is 9.04. The molecule has 0 amide bonds. The van der Waals surface area contributed by atoms with E-state index in [2.05, 4.69) is 0 Å². The lowest BCUT2D eigenvalue weighted by molar-refractivity contribution is 0.103. The van der Waals surface area contributed by atoms with Crippen LogP contribution in [-0.4, -0.2) is 37.3 Å². The Morgan fingerprint density at radius 1 is 0.735 bits per heavy atom. The van der Waals surface area contributed by atoms with Crippen molar-refractivity contribution in [3.63, 3.8) is 0 Å². The van der Waals surface area contributed by atoms with E-state index in [-0.39, 0.29) is 30.2 Å². The Morgan fingerprint density at radius 3 is 1.88 bits per heavy atom. The van der Waals surface area contributed by atoms with E-state index in [1.165, 1.54) is 6.08 Å². The second kappa shape index (κ2) is 12.4. The van der Waals surface area contributed by atoms with Crippen LogP contribution in [0.4, 0.5) is 0 Å². The Balaban J connectivity index is 2.52. The molecule has 186 valence electrons. The number of ketones is 1. The molecular weight excluding hydrogens is 432 g/mol. The molecule has 0 N–H and O–H groups in total. The van der Waals surface area contributed by atoms with Crippen LogP contribution in [0.1, 0.15) is 71.3 Å². The first kappa shape index (κ1) is 27.1. The van der Waals surface area contributed by atoms with Gasteiger partial charge in [0.05, 0.1) is 37.1 Å². The van der Waals surface area contributed by atoms with Crippen molar-refractivity contribution in [1.29, 1.82) is 0 Å². The van der Waals surface area contributed by atoms with Crippen LogP contribution in [0.15, 0.2) is 36.4 Å². The molecule has 0 unspecified atom stereocenters. The zero-order valence-corrected chi connectivity index (χ0v) is 21.8. The topological polar surface area (TPSA) is 63.2 Å². The van der Waals surface area contributed by atoms with Gasteiger partial charge in [0, 0.05) is 11.6 Å². The van der Waals surface area contributed by atoms with Crippen LogP contribution in [0.2, 0.25) is 0 Å². The number of carbonyl (C=O) groups is 1. The highest BCUT2D eigenvalue weighted by molar-refractivity contribution is 6.09. The summed E-state index contributed by atoms with van der Waals surface area (Å²) in [5.41, 5.74) is 1.11. The smallest absolute Gasteiger partial charge is 0.189 e. The fourth-order valence-electron chi connectivity index (χ4n) is 3.24. The Hall–Kier alpha value is -3.15. The number of para-hydroxylation sites is 1. The van der Waals surface area contributed by atoms with Crippen LogP contribution in [0.5, 0.6) is 28.7 Å². The molecule has 0 spiro atoms.